The summed E-state index contributed by atoms with van der Waals surface area (Å²) in [6.45, 7) is -2.28. The average molecular weight is 720 g/mol. The van der Waals surface area contributed by atoms with E-state index in [1.54, 1.807) is 18.5 Å². The highest BCUT2D eigenvalue weighted by atomic mass is 35.5. The lowest BCUT2D eigenvalue weighted by Gasteiger charge is -2.27. The Balaban J connectivity index is 1.27. The van der Waals surface area contributed by atoms with E-state index >= 15 is 0 Å². The van der Waals surface area contributed by atoms with E-state index in [1.807, 2.05) is 0 Å². The number of hydrogen-bond acceptors (Lipinski definition) is 7. The van der Waals surface area contributed by atoms with Crippen LogP contribution in [-0.4, -0.2) is 43.8 Å². The van der Waals surface area contributed by atoms with Crippen molar-refractivity contribution in [1.82, 2.24) is 5.32 Å². The minimum atomic E-state index is -3.05. The molecule has 1 atom stereocenters. The van der Waals surface area contributed by atoms with Gasteiger partial charge in [0.15, 0.2) is 23.9 Å². The van der Waals surface area contributed by atoms with Gasteiger partial charge in [-0.1, -0.05) is 29.3 Å². The SMILES string of the molecule is NC1CCC(NC(=O)c2ccc(C(=O)O[C@@H](Cc3c(Cl)c[nH+]cc3Cl)c3ccc(OC(F)F)c(OCC4CC4)c3)cc2OCC2CC2)CC1. The van der Waals surface area contributed by atoms with Crippen LogP contribution in [0, 0.1) is 11.8 Å². The van der Waals surface area contributed by atoms with Gasteiger partial charge in [-0.3, -0.25) is 4.79 Å². The first-order chi connectivity index (χ1) is 23.6. The highest BCUT2D eigenvalue weighted by Crippen LogP contribution is 2.38. The van der Waals surface area contributed by atoms with E-state index in [4.69, 9.17) is 47.9 Å². The zero-order valence-electron chi connectivity index (χ0n) is 26.9. The van der Waals surface area contributed by atoms with Gasteiger partial charge in [0.1, 0.15) is 21.9 Å². The van der Waals surface area contributed by atoms with Crippen LogP contribution in [0.25, 0.3) is 0 Å². The van der Waals surface area contributed by atoms with Crippen LogP contribution in [0.5, 0.6) is 17.2 Å². The van der Waals surface area contributed by atoms with Crippen molar-refractivity contribution < 1.29 is 42.3 Å². The molecule has 49 heavy (non-hydrogen) atoms. The second-order valence-corrected chi connectivity index (χ2v) is 13.9. The summed E-state index contributed by atoms with van der Waals surface area (Å²) in [6, 6.07) is 9.21. The van der Waals surface area contributed by atoms with Crippen molar-refractivity contribution in [3.63, 3.8) is 0 Å². The van der Waals surface area contributed by atoms with Gasteiger partial charge in [-0.25, -0.2) is 9.78 Å². The van der Waals surface area contributed by atoms with Crippen LogP contribution in [0.1, 0.15) is 89.3 Å². The molecule has 0 radical (unpaired) electrons. The maximum atomic E-state index is 13.8. The first-order valence-corrected chi connectivity index (χ1v) is 17.5. The summed E-state index contributed by atoms with van der Waals surface area (Å²) in [4.78, 5) is 30.1. The fraction of sp³-hybridized carbons (Fsp3) is 0.472. The molecule has 0 unspecified atom stereocenters. The molecule has 0 aliphatic heterocycles. The number of pyridine rings is 1. The molecule has 1 aromatic heterocycles. The number of esters is 1. The summed E-state index contributed by atoms with van der Waals surface area (Å²) in [5.74, 6) is 0.0417. The third kappa shape index (κ3) is 9.73. The highest BCUT2D eigenvalue weighted by molar-refractivity contribution is 6.35. The van der Waals surface area contributed by atoms with E-state index in [1.165, 1.54) is 30.3 Å². The zero-order valence-corrected chi connectivity index (χ0v) is 28.4. The van der Waals surface area contributed by atoms with E-state index in [2.05, 4.69) is 10.3 Å². The first-order valence-electron chi connectivity index (χ1n) is 16.7. The predicted molar refractivity (Wildman–Crippen MR) is 179 cm³/mol. The molecule has 4 N–H and O–H groups in total. The zero-order chi connectivity index (χ0) is 34.5. The Morgan fingerprint density at radius 1 is 0.857 bits per heavy atom. The Labute approximate surface area is 293 Å². The van der Waals surface area contributed by atoms with Gasteiger partial charge in [0.25, 0.3) is 5.91 Å². The number of nitrogens with one attached hydrogen (secondary N) is 2. The number of H-pyrrole nitrogens is 1. The van der Waals surface area contributed by atoms with Gasteiger partial charge >= 0.3 is 12.6 Å². The van der Waals surface area contributed by atoms with Crippen LogP contribution in [0.15, 0.2) is 48.8 Å². The van der Waals surface area contributed by atoms with Crippen LogP contribution < -0.4 is 30.2 Å². The Morgan fingerprint density at radius 2 is 1.51 bits per heavy atom. The molecule has 1 amide bonds. The number of carbonyl (C=O) groups is 2. The Kier molecular flexibility index (Phi) is 11.4. The minimum absolute atomic E-state index is 0.0128. The maximum Gasteiger partial charge on any atom is 0.387 e. The summed E-state index contributed by atoms with van der Waals surface area (Å²) >= 11 is 13.0. The standard InChI is InChI=1S/C36H39Cl2F2N3O6/c37-28-16-42-17-29(38)27(28)15-31(22-6-12-30(49-36(39)40)33(13-22)47-19-21-3-4-21)48-35(45)23-5-11-26(32(14-23)46-18-20-1-2-20)34(44)43-25-9-7-24(41)8-10-25/h5-6,11-14,16-17,20-21,24-25,31,36H,1-4,7-10,15,18-19,41H2,(H,43,44)/p+1/t24?,25?,31-/m0/s1. The normalized spacial score (nSPS) is 19.6. The second kappa shape index (κ2) is 15.9. The summed E-state index contributed by atoms with van der Waals surface area (Å²) in [7, 11) is 0. The van der Waals surface area contributed by atoms with Crippen LogP contribution in [-0.2, 0) is 11.2 Å². The summed E-state index contributed by atoms with van der Waals surface area (Å²) in [6.07, 6.45) is 9.57. The van der Waals surface area contributed by atoms with E-state index in [9.17, 15) is 18.4 Å². The van der Waals surface area contributed by atoms with Crippen molar-refractivity contribution >= 4 is 35.1 Å². The number of ether oxygens (including phenoxy) is 4. The van der Waals surface area contributed by atoms with E-state index < -0.39 is 18.7 Å². The average Bonchev–Trinajstić information content (AvgIpc) is 4.01. The predicted octanol–water partition coefficient (Wildman–Crippen LogP) is 7.13. The molecule has 2 aromatic carbocycles. The first kappa shape index (κ1) is 35.2. The van der Waals surface area contributed by atoms with Gasteiger partial charge in [0.05, 0.1) is 24.3 Å². The molecule has 262 valence electrons. The number of aromatic nitrogens is 1. The monoisotopic (exact) mass is 718 g/mol. The number of alkyl halides is 2. The highest BCUT2D eigenvalue weighted by Gasteiger charge is 2.29. The molecule has 3 saturated carbocycles. The number of benzene rings is 2. The lowest BCUT2D eigenvalue weighted by atomic mass is 9.91. The molecule has 0 bridgehead atoms. The van der Waals surface area contributed by atoms with Crippen LogP contribution >= 0.6 is 23.2 Å². The summed E-state index contributed by atoms with van der Waals surface area (Å²) < 4.78 is 49.3. The molecule has 6 rings (SSSR count). The molecule has 3 aliphatic carbocycles. The number of aromatic amines is 1. The number of nitrogens with two attached hydrogens (primary N) is 1. The fourth-order valence-electron chi connectivity index (χ4n) is 5.78. The van der Waals surface area contributed by atoms with Gasteiger partial charge < -0.3 is 30.0 Å². The molecule has 0 spiro atoms. The third-order valence-electron chi connectivity index (χ3n) is 9.10. The van der Waals surface area contributed by atoms with Gasteiger partial charge in [-0.2, -0.15) is 8.78 Å². The fourth-order valence-corrected chi connectivity index (χ4v) is 6.31. The summed E-state index contributed by atoms with van der Waals surface area (Å²) in [5.41, 5.74) is 7.50. The Bertz CT molecular complexity index is 1630. The van der Waals surface area contributed by atoms with Crippen molar-refractivity contribution in [2.45, 2.75) is 82.6 Å². The van der Waals surface area contributed by atoms with Gasteiger partial charge in [-0.05, 0) is 99.1 Å². The van der Waals surface area contributed by atoms with E-state index in [-0.39, 0.29) is 47.2 Å². The summed E-state index contributed by atoms with van der Waals surface area (Å²) in [5, 5.41) is 3.74. The molecular formula is C36H40Cl2F2N3O6+. The van der Waals surface area contributed by atoms with Crippen molar-refractivity contribution in [3.05, 3.63) is 81.1 Å². The quantitative estimate of drug-likeness (QED) is 0.160. The smallest absolute Gasteiger partial charge is 0.387 e. The number of carbonyl (C=O) groups excluding carboxylic acids is 2. The molecule has 13 heteroatoms. The molecule has 3 aliphatic rings. The lowest BCUT2D eigenvalue weighted by Crippen LogP contribution is -2.40. The van der Waals surface area contributed by atoms with Gasteiger partial charge in [0.2, 0.25) is 0 Å². The molecular weight excluding hydrogens is 679 g/mol. The van der Waals surface area contributed by atoms with Crippen molar-refractivity contribution in [2.24, 2.45) is 17.6 Å². The number of amides is 1. The minimum Gasteiger partial charge on any atom is -0.492 e. The Morgan fingerprint density at radius 3 is 2.14 bits per heavy atom. The van der Waals surface area contributed by atoms with E-state index in [0.717, 1.165) is 51.4 Å². The van der Waals surface area contributed by atoms with Crippen molar-refractivity contribution in [2.75, 3.05) is 13.2 Å². The topological polar surface area (TPSA) is 123 Å². The number of hydrogen-bond donors (Lipinski definition) is 2. The number of halogens is 4. The molecule has 3 aromatic rings. The van der Waals surface area contributed by atoms with Crippen LogP contribution in [0.3, 0.4) is 0 Å². The van der Waals surface area contributed by atoms with Crippen molar-refractivity contribution in [3.8, 4) is 17.2 Å². The van der Waals surface area contributed by atoms with Crippen LogP contribution in [0.2, 0.25) is 10.0 Å². The van der Waals surface area contributed by atoms with Gasteiger partial charge in [-0.15, -0.1) is 0 Å². The molecule has 0 saturated heterocycles. The molecule has 9 nitrogen and oxygen atoms in total. The number of rotatable bonds is 15. The van der Waals surface area contributed by atoms with Gasteiger partial charge in [0, 0.05) is 24.1 Å². The maximum absolute atomic E-state index is 13.8. The Hall–Kier alpha value is -3.67. The van der Waals surface area contributed by atoms with Crippen molar-refractivity contribution in [1.29, 1.82) is 0 Å². The molecule has 3 fully saturated rings. The largest absolute Gasteiger partial charge is 0.492 e. The van der Waals surface area contributed by atoms with E-state index in [0.29, 0.717) is 51.8 Å². The third-order valence-corrected chi connectivity index (χ3v) is 9.78. The molecule has 1 heterocycles. The lowest BCUT2D eigenvalue weighted by molar-refractivity contribution is -0.377. The second-order valence-electron chi connectivity index (χ2n) is 13.1. The van der Waals surface area contributed by atoms with Crippen LogP contribution in [0.4, 0.5) is 8.78 Å².